The number of rotatable bonds is 1. The molecule has 0 saturated heterocycles. The molecule has 0 amide bonds. The van der Waals surface area contributed by atoms with Gasteiger partial charge in [-0.05, 0) is 24.3 Å². The smallest absolute Gasteiger partial charge is 0.264 e. The van der Waals surface area contributed by atoms with E-state index in [1.165, 1.54) is 11.5 Å². The zero-order valence-electron chi connectivity index (χ0n) is 11.3. The number of carbonyl (C=O) groups excluding carboxylic acids is 1. The molecule has 5 heteroatoms. The molecule has 4 rings (SSSR count). The number of aromatic nitrogens is 3. The third-order valence-electron chi connectivity index (χ3n) is 3.36. The largest absolute Gasteiger partial charge is 0.434 e. The number of fused-ring (bicyclic) bond motifs is 2. The number of oxazole rings is 1. The number of carbonyl (C=O) groups is 1. The highest BCUT2D eigenvalue weighted by molar-refractivity contribution is 5.93. The quantitative estimate of drug-likeness (QED) is 0.534. The summed E-state index contributed by atoms with van der Waals surface area (Å²) in [6.45, 7) is 1.50. The Balaban J connectivity index is 2.05. The summed E-state index contributed by atoms with van der Waals surface area (Å²) in [6, 6.07) is 15.0. The number of para-hydroxylation sites is 4. The van der Waals surface area contributed by atoms with Crippen molar-refractivity contribution in [1.82, 2.24) is 14.5 Å². The number of hydrogen-bond acceptors (Lipinski definition) is 4. The zero-order chi connectivity index (χ0) is 14.4. The van der Waals surface area contributed by atoms with Crippen molar-refractivity contribution in [2.75, 3.05) is 0 Å². The van der Waals surface area contributed by atoms with Crippen molar-refractivity contribution in [2.45, 2.75) is 6.92 Å². The Labute approximate surface area is 119 Å². The van der Waals surface area contributed by atoms with Crippen molar-refractivity contribution in [3.63, 3.8) is 0 Å². The standard InChI is InChI=1S/C16H11N3O2/c1-10(20)19-13-8-4-2-6-11(13)17-15(19)16-18-12-7-3-5-9-14(12)21-16/h2-9H,1H3. The molecule has 0 aliphatic heterocycles. The van der Waals surface area contributed by atoms with Crippen molar-refractivity contribution >= 4 is 28.0 Å². The molecule has 0 fully saturated rings. The highest BCUT2D eigenvalue weighted by Gasteiger charge is 2.19. The van der Waals surface area contributed by atoms with E-state index in [1.807, 2.05) is 48.5 Å². The van der Waals surface area contributed by atoms with Crippen LogP contribution in [-0.4, -0.2) is 20.4 Å². The predicted molar refractivity (Wildman–Crippen MR) is 79.0 cm³/mol. The molecule has 0 saturated carbocycles. The molecule has 4 aromatic rings. The summed E-state index contributed by atoms with van der Waals surface area (Å²) in [5.74, 6) is 0.656. The van der Waals surface area contributed by atoms with Gasteiger partial charge >= 0.3 is 0 Å². The number of nitrogens with zero attached hydrogens (tertiary/aromatic N) is 3. The Morgan fingerprint density at radius 3 is 2.48 bits per heavy atom. The van der Waals surface area contributed by atoms with Gasteiger partial charge in [-0.3, -0.25) is 9.36 Å². The Hall–Kier alpha value is -2.95. The number of imidazole rings is 1. The van der Waals surface area contributed by atoms with Gasteiger partial charge in [0.25, 0.3) is 5.89 Å². The van der Waals surface area contributed by atoms with Crippen molar-refractivity contribution in [3.05, 3.63) is 48.5 Å². The van der Waals surface area contributed by atoms with Crippen LogP contribution in [0.5, 0.6) is 0 Å². The molecule has 0 unspecified atom stereocenters. The van der Waals surface area contributed by atoms with Gasteiger partial charge in [0.05, 0.1) is 11.0 Å². The molecule has 102 valence electrons. The lowest BCUT2D eigenvalue weighted by Crippen LogP contribution is -2.07. The van der Waals surface area contributed by atoms with E-state index in [-0.39, 0.29) is 5.91 Å². The predicted octanol–water partition coefficient (Wildman–Crippen LogP) is 3.50. The summed E-state index contributed by atoms with van der Waals surface area (Å²) in [7, 11) is 0. The second kappa shape index (κ2) is 4.28. The van der Waals surface area contributed by atoms with Crippen molar-refractivity contribution in [1.29, 1.82) is 0 Å². The molecular formula is C16H11N3O2. The Morgan fingerprint density at radius 1 is 1.00 bits per heavy atom. The number of benzene rings is 2. The maximum absolute atomic E-state index is 12.0. The molecule has 21 heavy (non-hydrogen) atoms. The van der Waals surface area contributed by atoms with Gasteiger partial charge < -0.3 is 4.42 Å². The number of hydrogen-bond donors (Lipinski definition) is 0. The molecule has 5 nitrogen and oxygen atoms in total. The van der Waals surface area contributed by atoms with Crippen molar-refractivity contribution in [3.8, 4) is 11.7 Å². The first kappa shape index (κ1) is 11.8. The lowest BCUT2D eigenvalue weighted by molar-refractivity contribution is 0.0942. The molecule has 2 heterocycles. The maximum atomic E-state index is 12.0. The fraction of sp³-hybridized carbons (Fsp3) is 0.0625. The van der Waals surface area contributed by atoms with Gasteiger partial charge in [-0.15, -0.1) is 0 Å². The normalized spacial score (nSPS) is 11.3. The van der Waals surface area contributed by atoms with Gasteiger partial charge in [-0.25, -0.2) is 9.97 Å². The lowest BCUT2D eigenvalue weighted by Gasteiger charge is -2.00. The minimum Gasteiger partial charge on any atom is -0.434 e. The van der Waals surface area contributed by atoms with E-state index in [0.29, 0.717) is 17.3 Å². The van der Waals surface area contributed by atoms with Crippen LogP contribution >= 0.6 is 0 Å². The Kier molecular flexibility index (Phi) is 2.41. The monoisotopic (exact) mass is 277 g/mol. The first-order chi connectivity index (χ1) is 10.2. The summed E-state index contributed by atoms with van der Waals surface area (Å²) in [4.78, 5) is 20.9. The minimum absolute atomic E-state index is 0.124. The van der Waals surface area contributed by atoms with Crippen LogP contribution in [-0.2, 0) is 0 Å². The fourth-order valence-corrected chi connectivity index (χ4v) is 2.46. The molecule has 0 atom stereocenters. The Morgan fingerprint density at radius 2 is 1.71 bits per heavy atom. The lowest BCUT2D eigenvalue weighted by atomic mass is 10.3. The first-order valence-electron chi connectivity index (χ1n) is 6.58. The molecule has 0 radical (unpaired) electrons. The average Bonchev–Trinajstić information content (AvgIpc) is 3.08. The second-order valence-corrected chi connectivity index (χ2v) is 4.77. The van der Waals surface area contributed by atoms with Crippen LogP contribution in [0.3, 0.4) is 0 Å². The Bertz CT molecular complexity index is 948. The van der Waals surface area contributed by atoms with Gasteiger partial charge in [-0.2, -0.15) is 0 Å². The highest BCUT2D eigenvalue weighted by atomic mass is 16.3. The highest BCUT2D eigenvalue weighted by Crippen LogP contribution is 2.27. The zero-order valence-corrected chi connectivity index (χ0v) is 11.3. The minimum atomic E-state index is -0.124. The summed E-state index contributed by atoms with van der Waals surface area (Å²) >= 11 is 0. The first-order valence-corrected chi connectivity index (χ1v) is 6.58. The maximum Gasteiger partial charge on any atom is 0.264 e. The van der Waals surface area contributed by atoms with Gasteiger partial charge in [0.1, 0.15) is 5.52 Å². The molecule has 0 aliphatic carbocycles. The third kappa shape index (κ3) is 1.74. The van der Waals surface area contributed by atoms with E-state index in [2.05, 4.69) is 9.97 Å². The van der Waals surface area contributed by atoms with Gasteiger partial charge in [0.15, 0.2) is 5.58 Å². The third-order valence-corrected chi connectivity index (χ3v) is 3.36. The second-order valence-electron chi connectivity index (χ2n) is 4.77. The van der Waals surface area contributed by atoms with E-state index >= 15 is 0 Å². The van der Waals surface area contributed by atoms with Crippen LogP contribution in [0.2, 0.25) is 0 Å². The molecular weight excluding hydrogens is 266 g/mol. The molecule has 0 bridgehead atoms. The van der Waals surface area contributed by atoms with Gasteiger partial charge in [-0.1, -0.05) is 24.3 Å². The molecule has 2 aromatic heterocycles. The van der Waals surface area contributed by atoms with Crippen LogP contribution in [0.4, 0.5) is 0 Å². The van der Waals surface area contributed by atoms with E-state index in [9.17, 15) is 4.79 Å². The van der Waals surface area contributed by atoms with E-state index in [4.69, 9.17) is 4.42 Å². The van der Waals surface area contributed by atoms with Gasteiger partial charge in [0.2, 0.25) is 11.7 Å². The van der Waals surface area contributed by atoms with E-state index in [0.717, 1.165) is 16.6 Å². The molecule has 0 aliphatic rings. The molecule has 0 N–H and O–H groups in total. The van der Waals surface area contributed by atoms with Crippen LogP contribution in [0.15, 0.2) is 52.9 Å². The van der Waals surface area contributed by atoms with Crippen LogP contribution in [0, 0.1) is 0 Å². The molecule has 2 aromatic carbocycles. The SMILES string of the molecule is CC(=O)n1c(-c2nc3ccccc3o2)nc2ccccc21. The summed E-state index contributed by atoms with van der Waals surface area (Å²) < 4.78 is 7.26. The van der Waals surface area contributed by atoms with Crippen molar-refractivity contribution < 1.29 is 9.21 Å². The van der Waals surface area contributed by atoms with Crippen molar-refractivity contribution in [2.24, 2.45) is 0 Å². The summed E-state index contributed by atoms with van der Waals surface area (Å²) in [5, 5.41) is 0. The summed E-state index contributed by atoms with van der Waals surface area (Å²) in [6.07, 6.45) is 0. The molecule has 0 spiro atoms. The topological polar surface area (TPSA) is 60.9 Å². The van der Waals surface area contributed by atoms with Crippen LogP contribution < -0.4 is 0 Å². The van der Waals surface area contributed by atoms with E-state index < -0.39 is 0 Å². The average molecular weight is 277 g/mol. The van der Waals surface area contributed by atoms with Crippen LogP contribution in [0.1, 0.15) is 11.7 Å². The summed E-state index contributed by atoms with van der Waals surface area (Å²) in [5.41, 5.74) is 2.91. The van der Waals surface area contributed by atoms with E-state index in [1.54, 1.807) is 0 Å². The fourth-order valence-electron chi connectivity index (χ4n) is 2.46. The van der Waals surface area contributed by atoms with Crippen LogP contribution in [0.25, 0.3) is 33.8 Å². The van der Waals surface area contributed by atoms with Gasteiger partial charge in [0, 0.05) is 6.92 Å².